The number of nitrogens with zero attached hydrogens (tertiary/aromatic N) is 1. The molecule has 0 radical (unpaired) electrons. The zero-order valence-corrected chi connectivity index (χ0v) is 21.2. The first-order valence-corrected chi connectivity index (χ1v) is 12.0. The SMILES string of the molecule is CO[C@@H](C(=O)CC1N=C(c2ccccc2)c2ccccc2CC1=O)[C@H](O)[C@@H](O)[C@H](O)/C=C/C(C)(C)C. The average Bonchev–Trinajstić information content (AvgIpc) is 2.98. The molecule has 7 nitrogen and oxygen atoms in total. The number of hydrogen-bond donors (Lipinski definition) is 3. The van der Waals surface area contributed by atoms with Gasteiger partial charge in [-0.25, -0.2) is 0 Å². The number of benzene rings is 2. The van der Waals surface area contributed by atoms with Gasteiger partial charge in [0.25, 0.3) is 0 Å². The van der Waals surface area contributed by atoms with Gasteiger partial charge >= 0.3 is 0 Å². The van der Waals surface area contributed by atoms with Crippen molar-refractivity contribution in [3.05, 3.63) is 83.4 Å². The van der Waals surface area contributed by atoms with Gasteiger partial charge in [0.2, 0.25) is 0 Å². The third kappa shape index (κ3) is 6.83. The second-order valence-corrected chi connectivity index (χ2v) is 10.2. The summed E-state index contributed by atoms with van der Waals surface area (Å²) in [7, 11) is 1.24. The van der Waals surface area contributed by atoms with Gasteiger partial charge in [-0.2, -0.15) is 0 Å². The Bertz CT molecular complexity index is 1120. The molecule has 2 aromatic carbocycles. The van der Waals surface area contributed by atoms with Crippen LogP contribution < -0.4 is 0 Å². The Morgan fingerprint density at radius 2 is 1.69 bits per heavy atom. The molecule has 0 fully saturated rings. The maximum atomic E-state index is 13.2. The van der Waals surface area contributed by atoms with E-state index in [1.54, 1.807) is 6.08 Å². The van der Waals surface area contributed by atoms with Crippen LogP contribution in [0.3, 0.4) is 0 Å². The lowest BCUT2D eigenvalue weighted by Gasteiger charge is -2.27. The zero-order valence-electron chi connectivity index (χ0n) is 21.2. The van der Waals surface area contributed by atoms with Crippen LogP contribution in [0.5, 0.6) is 0 Å². The van der Waals surface area contributed by atoms with E-state index in [-0.39, 0.29) is 24.0 Å². The Morgan fingerprint density at radius 3 is 2.33 bits per heavy atom. The maximum absolute atomic E-state index is 13.2. The third-order valence-corrected chi connectivity index (χ3v) is 6.11. The summed E-state index contributed by atoms with van der Waals surface area (Å²) in [5, 5.41) is 31.4. The smallest absolute Gasteiger partial charge is 0.166 e. The molecule has 0 saturated heterocycles. The molecule has 2 aromatic rings. The lowest BCUT2D eigenvalue weighted by molar-refractivity contribution is -0.148. The van der Waals surface area contributed by atoms with Crippen LogP contribution in [0.25, 0.3) is 0 Å². The number of aliphatic hydroxyl groups excluding tert-OH is 3. The van der Waals surface area contributed by atoms with E-state index in [4.69, 9.17) is 9.73 Å². The summed E-state index contributed by atoms with van der Waals surface area (Å²) in [6.07, 6.45) is -3.29. The van der Waals surface area contributed by atoms with E-state index in [0.29, 0.717) is 5.71 Å². The molecular formula is C29H35NO6. The van der Waals surface area contributed by atoms with Gasteiger partial charge in [0.15, 0.2) is 11.6 Å². The van der Waals surface area contributed by atoms with Gasteiger partial charge in [-0.3, -0.25) is 14.6 Å². The van der Waals surface area contributed by atoms with E-state index in [1.807, 2.05) is 75.4 Å². The number of allylic oxidation sites excluding steroid dienone is 1. The number of rotatable bonds is 9. The molecule has 0 amide bonds. The minimum Gasteiger partial charge on any atom is -0.387 e. The summed E-state index contributed by atoms with van der Waals surface area (Å²) in [5.74, 6) is -0.809. The quantitative estimate of drug-likeness (QED) is 0.463. The van der Waals surface area contributed by atoms with E-state index in [1.165, 1.54) is 13.2 Å². The van der Waals surface area contributed by atoms with Gasteiger partial charge in [0.05, 0.1) is 5.71 Å². The molecule has 3 N–H and O–H groups in total. The fourth-order valence-electron chi connectivity index (χ4n) is 4.14. The van der Waals surface area contributed by atoms with Crippen molar-refractivity contribution in [3.8, 4) is 0 Å². The van der Waals surface area contributed by atoms with Crippen molar-refractivity contribution in [2.24, 2.45) is 10.4 Å². The Hall–Kier alpha value is -2.97. The standard InChI is InChI=1S/C29H35NO6/c1-29(2,3)15-14-22(31)26(34)27(35)28(36-4)24(33)17-21-23(32)16-19-12-8-9-13-20(19)25(30-21)18-10-6-5-7-11-18/h5-15,21-22,26-28,31,34-35H,16-17H2,1-4H3/b15-14+/t21?,22-,26+,27-,28+/m1/s1. The van der Waals surface area contributed by atoms with Crippen LogP contribution in [0.1, 0.15) is 43.9 Å². The molecule has 3 rings (SSSR count). The van der Waals surface area contributed by atoms with Crippen LogP contribution >= 0.6 is 0 Å². The fourth-order valence-corrected chi connectivity index (χ4v) is 4.14. The second kappa shape index (κ2) is 11.8. The highest BCUT2D eigenvalue weighted by Crippen LogP contribution is 2.24. The number of fused-ring (bicyclic) bond motifs is 1. The van der Waals surface area contributed by atoms with E-state index < -0.39 is 36.2 Å². The Morgan fingerprint density at radius 1 is 1.06 bits per heavy atom. The first-order valence-electron chi connectivity index (χ1n) is 12.0. The third-order valence-electron chi connectivity index (χ3n) is 6.11. The molecule has 1 aliphatic heterocycles. The highest BCUT2D eigenvalue weighted by molar-refractivity contribution is 6.16. The number of hydrogen-bond acceptors (Lipinski definition) is 7. The Balaban J connectivity index is 1.85. The van der Waals surface area contributed by atoms with Crippen LogP contribution in [-0.2, 0) is 20.7 Å². The summed E-state index contributed by atoms with van der Waals surface area (Å²) in [4.78, 5) is 31.0. The maximum Gasteiger partial charge on any atom is 0.166 e. The largest absolute Gasteiger partial charge is 0.387 e. The Labute approximate surface area is 212 Å². The number of methoxy groups -OCH3 is 1. The lowest BCUT2D eigenvalue weighted by atomic mass is 9.92. The summed E-state index contributed by atoms with van der Waals surface area (Å²) in [5.41, 5.74) is 2.86. The van der Waals surface area contributed by atoms with E-state index in [2.05, 4.69) is 0 Å². The van der Waals surface area contributed by atoms with Gasteiger partial charge in [-0.1, -0.05) is 87.5 Å². The van der Waals surface area contributed by atoms with Crippen molar-refractivity contribution in [2.45, 2.75) is 64.1 Å². The molecule has 36 heavy (non-hydrogen) atoms. The Kier molecular flexibility index (Phi) is 9.08. The average molecular weight is 494 g/mol. The molecule has 0 saturated carbocycles. The monoisotopic (exact) mass is 493 g/mol. The fraction of sp³-hybridized carbons (Fsp3) is 0.414. The van der Waals surface area contributed by atoms with Gasteiger partial charge < -0.3 is 20.1 Å². The number of carbonyl (C=O) groups is 2. The van der Waals surface area contributed by atoms with E-state index in [0.717, 1.165) is 16.7 Å². The highest BCUT2D eigenvalue weighted by Gasteiger charge is 2.37. The molecule has 0 bridgehead atoms. The predicted molar refractivity (Wildman–Crippen MR) is 138 cm³/mol. The number of aliphatic imine (C=N–C) groups is 1. The molecule has 0 aliphatic carbocycles. The number of aliphatic hydroxyl groups is 3. The zero-order chi connectivity index (χ0) is 26.5. The second-order valence-electron chi connectivity index (χ2n) is 10.2. The first-order chi connectivity index (χ1) is 17.0. The molecule has 0 spiro atoms. The van der Waals surface area contributed by atoms with Crippen molar-refractivity contribution in [3.63, 3.8) is 0 Å². The van der Waals surface area contributed by atoms with Gasteiger partial charge in [-0.15, -0.1) is 0 Å². The van der Waals surface area contributed by atoms with Crippen LogP contribution in [-0.4, -0.2) is 70.2 Å². The normalized spacial score (nSPS) is 19.7. The summed E-state index contributed by atoms with van der Waals surface area (Å²) >= 11 is 0. The van der Waals surface area contributed by atoms with Gasteiger partial charge in [-0.05, 0) is 11.0 Å². The molecule has 1 unspecified atom stereocenters. The van der Waals surface area contributed by atoms with Crippen molar-refractivity contribution in [2.75, 3.05) is 7.11 Å². The number of ether oxygens (including phenoxy) is 1. The van der Waals surface area contributed by atoms with Crippen molar-refractivity contribution >= 4 is 17.3 Å². The van der Waals surface area contributed by atoms with Crippen molar-refractivity contribution in [1.82, 2.24) is 0 Å². The molecule has 5 atom stereocenters. The molecular weight excluding hydrogens is 458 g/mol. The molecule has 192 valence electrons. The van der Waals surface area contributed by atoms with Crippen molar-refractivity contribution < 1.29 is 29.6 Å². The molecule has 0 aromatic heterocycles. The topological polar surface area (TPSA) is 116 Å². The predicted octanol–water partition coefficient (Wildman–Crippen LogP) is 2.68. The van der Waals surface area contributed by atoms with E-state index >= 15 is 0 Å². The van der Waals surface area contributed by atoms with Crippen LogP contribution in [0.2, 0.25) is 0 Å². The van der Waals surface area contributed by atoms with Crippen LogP contribution in [0, 0.1) is 5.41 Å². The molecule has 1 heterocycles. The van der Waals surface area contributed by atoms with E-state index in [9.17, 15) is 24.9 Å². The van der Waals surface area contributed by atoms with Crippen LogP contribution in [0.15, 0.2) is 71.7 Å². The minimum atomic E-state index is -1.70. The van der Waals surface area contributed by atoms with Crippen molar-refractivity contribution in [1.29, 1.82) is 0 Å². The van der Waals surface area contributed by atoms with Crippen LogP contribution in [0.4, 0.5) is 0 Å². The highest BCUT2D eigenvalue weighted by atomic mass is 16.5. The summed E-state index contributed by atoms with van der Waals surface area (Å²) < 4.78 is 5.22. The van der Waals surface area contributed by atoms with Gasteiger partial charge in [0, 0.05) is 31.1 Å². The number of carbonyl (C=O) groups excluding carboxylic acids is 2. The molecule has 1 aliphatic rings. The first kappa shape index (κ1) is 27.6. The summed E-state index contributed by atoms with van der Waals surface area (Å²) in [6, 6.07) is 16.0. The number of ketones is 2. The van der Waals surface area contributed by atoms with Gasteiger partial charge in [0.1, 0.15) is 30.5 Å². The lowest BCUT2D eigenvalue weighted by Crippen LogP contribution is -2.48. The minimum absolute atomic E-state index is 0.118. The number of Topliss-reactive ketones (excluding diaryl/α,β-unsaturated/α-hetero) is 2. The summed E-state index contributed by atoms with van der Waals surface area (Å²) in [6.45, 7) is 5.77. The molecule has 7 heteroatoms.